The van der Waals surface area contributed by atoms with Crippen LogP contribution in [0.2, 0.25) is 0 Å². The molecule has 1 aliphatic heterocycles. The molecule has 3 N–H and O–H groups in total. The Labute approximate surface area is 230 Å². The monoisotopic (exact) mass is 531 g/mol. The summed E-state index contributed by atoms with van der Waals surface area (Å²) in [7, 11) is 0. The first kappa shape index (κ1) is 29.2. The Balaban J connectivity index is 1.52. The van der Waals surface area contributed by atoms with E-state index in [9.17, 15) is 9.59 Å². The van der Waals surface area contributed by atoms with Gasteiger partial charge in [-0.3, -0.25) is 9.69 Å². The zero-order chi connectivity index (χ0) is 28.3. The third-order valence-electron chi connectivity index (χ3n) is 5.79. The maximum absolute atomic E-state index is 12.7. The minimum Gasteiger partial charge on any atom is -0.444 e. The van der Waals surface area contributed by atoms with E-state index in [1.165, 1.54) is 4.90 Å². The number of hydrogen-bond acceptors (Lipinski definition) is 8. The Hall–Kier alpha value is -4.31. The number of rotatable bonds is 9. The number of ether oxygens (including phenoxy) is 1. The molecule has 1 aromatic heterocycles. The number of hydrogen-bond donors (Lipinski definition) is 3. The van der Waals surface area contributed by atoms with Crippen molar-refractivity contribution in [2.75, 3.05) is 30.3 Å². The van der Waals surface area contributed by atoms with Crippen LogP contribution in [0.15, 0.2) is 30.5 Å². The van der Waals surface area contributed by atoms with Crippen molar-refractivity contribution in [3.05, 3.63) is 41.6 Å². The minimum absolute atomic E-state index is 0.156. The van der Waals surface area contributed by atoms with Gasteiger partial charge in [0.25, 0.3) is 0 Å². The Kier molecular flexibility index (Phi) is 10.5. The van der Waals surface area contributed by atoms with Crippen LogP contribution in [-0.4, -0.2) is 58.1 Å². The second-order valence-electron chi connectivity index (χ2n) is 10.2. The minimum atomic E-state index is -0.599. The number of nitrogens with one attached hydrogen (secondary N) is 3. The van der Waals surface area contributed by atoms with E-state index in [-0.39, 0.29) is 5.91 Å². The fourth-order valence-electron chi connectivity index (χ4n) is 3.91. The number of carbonyl (C=O) groups is 2. The molecule has 10 nitrogen and oxygen atoms in total. The Morgan fingerprint density at radius 2 is 1.97 bits per heavy atom. The number of unbranched alkanes of at least 4 members (excludes halogenated alkanes) is 1. The van der Waals surface area contributed by atoms with E-state index in [1.807, 2.05) is 20.8 Å². The van der Waals surface area contributed by atoms with Gasteiger partial charge in [0.15, 0.2) is 0 Å². The number of benzene rings is 1. The molecular formula is C29H37N7O3. The molecule has 206 valence electrons. The number of anilines is 3. The molecule has 0 aliphatic carbocycles. The average Bonchev–Trinajstić information content (AvgIpc) is 3.40. The molecule has 2 amide bonds. The van der Waals surface area contributed by atoms with Crippen LogP contribution in [0.1, 0.15) is 70.9 Å². The molecule has 1 saturated heterocycles. The molecule has 0 saturated carbocycles. The summed E-state index contributed by atoms with van der Waals surface area (Å²) in [5, 5.41) is 18.3. The lowest BCUT2D eigenvalue weighted by Crippen LogP contribution is -2.47. The van der Waals surface area contributed by atoms with Crippen molar-refractivity contribution in [1.29, 1.82) is 5.26 Å². The average molecular weight is 532 g/mol. The van der Waals surface area contributed by atoms with Crippen molar-refractivity contribution >= 4 is 29.5 Å². The molecule has 1 aromatic carbocycles. The Morgan fingerprint density at radius 1 is 1.21 bits per heavy atom. The third-order valence-corrected chi connectivity index (χ3v) is 5.79. The summed E-state index contributed by atoms with van der Waals surface area (Å²) >= 11 is 0. The van der Waals surface area contributed by atoms with Gasteiger partial charge in [-0.05, 0) is 70.7 Å². The van der Waals surface area contributed by atoms with Gasteiger partial charge in [-0.2, -0.15) is 10.2 Å². The molecule has 2 heterocycles. The number of amides is 2. The van der Waals surface area contributed by atoms with E-state index in [4.69, 9.17) is 10.00 Å². The molecule has 3 rings (SSSR count). The first-order valence-electron chi connectivity index (χ1n) is 13.3. The van der Waals surface area contributed by atoms with Gasteiger partial charge in [-0.1, -0.05) is 18.8 Å². The van der Waals surface area contributed by atoms with Crippen molar-refractivity contribution < 1.29 is 14.3 Å². The van der Waals surface area contributed by atoms with Crippen LogP contribution in [0.5, 0.6) is 0 Å². The van der Waals surface area contributed by atoms with Gasteiger partial charge >= 0.3 is 6.09 Å². The Morgan fingerprint density at radius 3 is 2.67 bits per heavy atom. The van der Waals surface area contributed by atoms with Gasteiger partial charge in [0.1, 0.15) is 17.5 Å². The summed E-state index contributed by atoms with van der Waals surface area (Å²) in [6.45, 7) is 9.25. The smallest absolute Gasteiger partial charge is 0.410 e. The largest absolute Gasteiger partial charge is 0.444 e. The van der Waals surface area contributed by atoms with E-state index in [0.29, 0.717) is 55.2 Å². The van der Waals surface area contributed by atoms with Crippen LogP contribution < -0.4 is 16.0 Å². The highest BCUT2D eigenvalue weighted by Crippen LogP contribution is 2.21. The van der Waals surface area contributed by atoms with E-state index < -0.39 is 17.7 Å². The van der Waals surface area contributed by atoms with Crippen molar-refractivity contribution in [2.45, 2.75) is 71.4 Å². The molecule has 1 aliphatic rings. The highest BCUT2D eigenvalue weighted by molar-refractivity contribution is 5.86. The zero-order valence-corrected chi connectivity index (χ0v) is 23.1. The molecule has 2 aromatic rings. The van der Waals surface area contributed by atoms with Gasteiger partial charge in [-0.25, -0.2) is 9.78 Å². The van der Waals surface area contributed by atoms with Crippen molar-refractivity contribution in [1.82, 2.24) is 20.2 Å². The summed E-state index contributed by atoms with van der Waals surface area (Å²) in [6, 6.07) is 8.66. The first-order valence-corrected chi connectivity index (χ1v) is 13.3. The number of aromatic nitrogens is 2. The van der Waals surface area contributed by atoms with Crippen LogP contribution in [-0.2, 0) is 9.53 Å². The van der Waals surface area contributed by atoms with E-state index >= 15 is 0 Å². The molecule has 39 heavy (non-hydrogen) atoms. The van der Waals surface area contributed by atoms with Crippen molar-refractivity contribution in [2.24, 2.45) is 0 Å². The maximum Gasteiger partial charge on any atom is 0.410 e. The third kappa shape index (κ3) is 9.19. The summed E-state index contributed by atoms with van der Waals surface area (Å²) in [6.07, 6.45) is 4.83. The Bertz CT molecular complexity index is 1240. The molecule has 10 heteroatoms. The van der Waals surface area contributed by atoms with Gasteiger partial charge < -0.3 is 20.7 Å². The fraction of sp³-hybridized carbons (Fsp3) is 0.483. The van der Waals surface area contributed by atoms with Crippen LogP contribution in [0, 0.1) is 23.2 Å². The standard InChI is InChI=1S/C29H37N7O3/c1-5-16-31-25-22(20-33-27(35-25)34-23-14-12-21(19-30)13-15-23)10-7-6-8-17-32-26(37)24-11-9-18-36(24)28(38)39-29(2,3)4/h12-15,20,24H,5-6,8-9,11,16-18H2,1-4H3,(H,32,37)(H2,31,33,34,35). The first-order chi connectivity index (χ1) is 18.7. The normalized spacial score (nSPS) is 14.5. The summed E-state index contributed by atoms with van der Waals surface area (Å²) in [5.74, 6) is 7.19. The van der Waals surface area contributed by atoms with Gasteiger partial charge in [0.2, 0.25) is 11.9 Å². The molecule has 1 fully saturated rings. The van der Waals surface area contributed by atoms with Crippen molar-refractivity contribution in [3.63, 3.8) is 0 Å². The highest BCUT2D eigenvalue weighted by Gasteiger charge is 2.36. The van der Waals surface area contributed by atoms with Crippen LogP contribution in [0.3, 0.4) is 0 Å². The van der Waals surface area contributed by atoms with Gasteiger partial charge in [0, 0.05) is 31.7 Å². The predicted molar refractivity (Wildman–Crippen MR) is 150 cm³/mol. The lowest BCUT2D eigenvalue weighted by Gasteiger charge is -2.28. The number of carbonyl (C=O) groups excluding carboxylic acids is 2. The van der Waals surface area contributed by atoms with Crippen molar-refractivity contribution in [3.8, 4) is 17.9 Å². The zero-order valence-electron chi connectivity index (χ0n) is 23.1. The van der Waals surface area contributed by atoms with E-state index in [2.05, 4.69) is 50.8 Å². The summed E-state index contributed by atoms with van der Waals surface area (Å²) in [4.78, 5) is 35.6. The summed E-state index contributed by atoms with van der Waals surface area (Å²) in [5.41, 5.74) is 1.45. The van der Waals surface area contributed by atoms with Gasteiger partial charge in [-0.15, -0.1) is 0 Å². The van der Waals surface area contributed by atoms with Crippen LogP contribution in [0.4, 0.5) is 22.2 Å². The quantitative estimate of drug-likeness (QED) is 0.317. The number of likely N-dealkylation sites (tertiary alicyclic amines) is 1. The number of nitrogens with zero attached hydrogens (tertiary/aromatic N) is 4. The van der Waals surface area contributed by atoms with E-state index in [0.717, 1.165) is 25.1 Å². The molecule has 1 unspecified atom stereocenters. The predicted octanol–water partition coefficient (Wildman–Crippen LogP) is 4.56. The topological polar surface area (TPSA) is 132 Å². The molecule has 0 spiro atoms. The molecule has 0 bridgehead atoms. The SMILES string of the molecule is CCCNc1nc(Nc2ccc(C#N)cc2)ncc1C#CCCCNC(=O)C1CCCN1C(=O)OC(C)(C)C. The second kappa shape index (κ2) is 14.0. The maximum atomic E-state index is 12.7. The van der Waals surface area contributed by atoms with Gasteiger partial charge in [0.05, 0.1) is 23.4 Å². The molecule has 0 radical (unpaired) electrons. The fourth-order valence-corrected chi connectivity index (χ4v) is 3.91. The molecule has 1 atom stereocenters. The summed E-state index contributed by atoms with van der Waals surface area (Å²) < 4.78 is 5.44. The number of nitriles is 1. The lowest BCUT2D eigenvalue weighted by molar-refractivity contribution is -0.125. The van der Waals surface area contributed by atoms with Crippen LogP contribution >= 0.6 is 0 Å². The second-order valence-corrected chi connectivity index (χ2v) is 10.2. The van der Waals surface area contributed by atoms with Crippen LogP contribution in [0.25, 0.3) is 0 Å². The highest BCUT2D eigenvalue weighted by atomic mass is 16.6. The molecular weight excluding hydrogens is 494 g/mol. The van der Waals surface area contributed by atoms with E-state index in [1.54, 1.807) is 30.5 Å². The lowest BCUT2D eigenvalue weighted by atomic mass is 10.2.